The van der Waals surface area contributed by atoms with Crippen LogP contribution in [0.5, 0.6) is 0 Å². The number of anilines is 1. The van der Waals surface area contributed by atoms with Crippen LogP contribution in [0.25, 0.3) is 11.1 Å². The Bertz CT molecular complexity index is 640. The van der Waals surface area contributed by atoms with Crippen molar-refractivity contribution in [3.63, 3.8) is 0 Å². The fourth-order valence-electron chi connectivity index (χ4n) is 3.43. The first-order valence-corrected chi connectivity index (χ1v) is 7.28. The Hall–Kier alpha value is -1.91. The first-order chi connectivity index (χ1) is 10.1. The van der Waals surface area contributed by atoms with Crippen LogP contribution in [0.1, 0.15) is 44.8 Å². The van der Waals surface area contributed by atoms with Crippen molar-refractivity contribution in [1.29, 1.82) is 0 Å². The topological polar surface area (TPSA) is 52.0 Å². The van der Waals surface area contributed by atoms with Crippen molar-refractivity contribution >= 4 is 5.82 Å². The van der Waals surface area contributed by atoms with Gasteiger partial charge in [0.05, 0.1) is 5.56 Å². The van der Waals surface area contributed by atoms with E-state index in [0.29, 0.717) is 16.9 Å². The number of benzene rings is 1. The SMILES string of the molecule is CCC1(c2onc(N)c2-c2cc(F)cc(F)c2)CCCC1. The van der Waals surface area contributed by atoms with Gasteiger partial charge in [0, 0.05) is 11.5 Å². The minimum Gasteiger partial charge on any atom is -0.380 e. The van der Waals surface area contributed by atoms with E-state index in [1.165, 1.54) is 12.1 Å². The van der Waals surface area contributed by atoms with E-state index in [-0.39, 0.29) is 11.2 Å². The average molecular weight is 292 g/mol. The fraction of sp³-hybridized carbons (Fsp3) is 0.438. The van der Waals surface area contributed by atoms with Gasteiger partial charge in [0.2, 0.25) is 0 Å². The summed E-state index contributed by atoms with van der Waals surface area (Å²) in [5.74, 6) is -0.401. The first kappa shape index (κ1) is 14.0. The smallest absolute Gasteiger partial charge is 0.175 e. The van der Waals surface area contributed by atoms with E-state index in [4.69, 9.17) is 10.3 Å². The number of aromatic nitrogens is 1. The van der Waals surface area contributed by atoms with Gasteiger partial charge >= 0.3 is 0 Å². The van der Waals surface area contributed by atoms with E-state index < -0.39 is 11.6 Å². The molecule has 1 fully saturated rings. The zero-order valence-corrected chi connectivity index (χ0v) is 12.0. The van der Waals surface area contributed by atoms with Crippen molar-refractivity contribution in [2.45, 2.75) is 44.4 Å². The third-order valence-corrected chi connectivity index (χ3v) is 4.59. The highest BCUT2D eigenvalue weighted by Crippen LogP contribution is 2.48. The maximum absolute atomic E-state index is 13.5. The van der Waals surface area contributed by atoms with Crippen LogP contribution in [0.3, 0.4) is 0 Å². The molecule has 1 aromatic heterocycles. The summed E-state index contributed by atoms with van der Waals surface area (Å²) < 4.78 is 32.5. The third-order valence-electron chi connectivity index (χ3n) is 4.59. The molecule has 3 rings (SSSR count). The average Bonchev–Trinajstić information content (AvgIpc) is 3.04. The summed E-state index contributed by atoms with van der Waals surface area (Å²) in [6, 6.07) is 3.39. The van der Waals surface area contributed by atoms with E-state index in [2.05, 4.69) is 12.1 Å². The van der Waals surface area contributed by atoms with E-state index in [1.54, 1.807) is 0 Å². The monoisotopic (exact) mass is 292 g/mol. The summed E-state index contributed by atoms with van der Waals surface area (Å²) in [6.07, 6.45) is 5.11. The Kier molecular flexibility index (Phi) is 3.43. The number of rotatable bonds is 3. The summed E-state index contributed by atoms with van der Waals surface area (Å²) in [6.45, 7) is 2.10. The molecule has 5 heteroatoms. The number of hydrogen-bond acceptors (Lipinski definition) is 3. The number of hydrogen-bond donors (Lipinski definition) is 1. The standard InChI is InChI=1S/C16H18F2N2O/c1-2-16(5-3-4-6-16)14-13(15(19)20-21-14)10-7-11(17)9-12(18)8-10/h7-9H,2-6H2,1H3,(H2,19,20). The molecular formula is C16H18F2N2O. The summed E-state index contributed by atoms with van der Waals surface area (Å²) in [4.78, 5) is 0. The summed E-state index contributed by atoms with van der Waals surface area (Å²) in [5, 5.41) is 3.85. The number of nitrogens with zero attached hydrogens (tertiary/aromatic N) is 1. The zero-order valence-electron chi connectivity index (χ0n) is 12.0. The van der Waals surface area contributed by atoms with Crippen molar-refractivity contribution in [3.05, 3.63) is 35.6 Å². The van der Waals surface area contributed by atoms with Crippen LogP contribution in [0, 0.1) is 11.6 Å². The van der Waals surface area contributed by atoms with Gasteiger partial charge in [-0.2, -0.15) is 0 Å². The minimum atomic E-state index is -0.631. The van der Waals surface area contributed by atoms with Crippen LogP contribution in [0.2, 0.25) is 0 Å². The Morgan fingerprint density at radius 3 is 2.38 bits per heavy atom. The lowest BCUT2D eigenvalue weighted by molar-refractivity contribution is 0.284. The van der Waals surface area contributed by atoms with Crippen molar-refractivity contribution in [2.75, 3.05) is 5.73 Å². The normalized spacial score (nSPS) is 17.3. The first-order valence-electron chi connectivity index (χ1n) is 7.28. The molecule has 0 atom stereocenters. The van der Waals surface area contributed by atoms with Gasteiger partial charge in [0.15, 0.2) is 11.6 Å². The molecule has 0 bridgehead atoms. The second kappa shape index (κ2) is 5.13. The molecule has 112 valence electrons. The minimum absolute atomic E-state index is 0.122. The van der Waals surface area contributed by atoms with E-state index >= 15 is 0 Å². The largest absolute Gasteiger partial charge is 0.380 e. The van der Waals surface area contributed by atoms with Gasteiger partial charge in [0.25, 0.3) is 0 Å². The molecule has 1 saturated carbocycles. The number of halogens is 2. The lowest BCUT2D eigenvalue weighted by Gasteiger charge is -2.25. The second-order valence-corrected chi connectivity index (χ2v) is 5.77. The van der Waals surface area contributed by atoms with Crippen molar-refractivity contribution in [2.24, 2.45) is 0 Å². The number of nitrogen functional groups attached to an aromatic ring is 1. The van der Waals surface area contributed by atoms with Crippen LogP contribution >= 0.6 is 0 Å². The van der Waals surface area contributed by atoms with Crippen LogP contribution in [-0.4, -0.2) is 5.16 Å². The molecule has 1 aliphatic rings. The second-order valence-electron chi connectivity index (χ2n) is 5.77. The van der Waals surface area contributed by atoms with Gasteiger partial charge in [-0.1, -0.05) is 24.9 Å². The molecule has 1 aromatic carbocycles. The van der Waals surface area contributed by atoms with E-state index in [0.717, 1.165) is 38.2 Å². The molecule has 0 amide bonds. The van der Waals surface area contributed by atoms with Crippen LogP contribution in [0.15, 0.2) is 22.7 Å². The number of nitrogens with two attached hydrogens (primary N) is 1. The lowest BCUT2D eigenvalue weighted by atomic mass is 9.78. The van der Waals surface area contributed by atoms with Gasteiger partial charge in [-0.3, -0.25) is 0 Å². The molecular weight excluding hydrogens is 274 g/mol. The summed E-state index contributed by atoms with van der Waals surface area (Å²) >= 11 is 0. The Morgan fingerprint density at radius 2 is 1.81 bits per heavy atom. The Labute approximate surface area is 122 Å². The summed E-state index contributed by atoms with van der Waals surface area (Å²) in [5.41, 5.74) is 6.71. The van der Waals surface area contributed by atoms with E-state index in [9.17, 15) is 8.78 Å². The van der Waals surface area contributed by atoms with E-state index in [1.807, 2.05) is 0 Å². The predicted molar refractivity (Wildman–Crippen MR) is 76.7 cm³/mol. The molecule has 1 aliphatic carbocycles. The molecule has 0 radical (unpaired) electrons. The molecule has 1 heterocycles. The molecule has 0 aliphatic heterocycles. The zero-order chi connectivity index (χ0) is 15.0. The van der Waals surface area contributed by atoms with Gasteiger partial charge in [-0.05, 0) is 37.0 Å². The molecule has 0 spiro atoms. The predicted octanol–water partition coefficient (Wildman–Crippen LogP) is 4.42. The highest BCUT2D eigenvalue weighted by atomic mass is 19.1. The lowest BCUT2D eigenvalue weighted by Crippen LogP contribution is -2.21. The summed E-state index contributed by atoms with van der Waals surface area (Å²) in [7, 11) is 0. The van der Waals surface area contributed by atoms with Crippen LogP contribution in [-0.2, 0) is 5.41 Å². The molecule has 0 unspecified atom stereocenters. The Morgan fingerprint density at radius 1 is 1.19 bits per heavy atom. The Balaban J connectivity index is 2.17. The molecule has 2 aromatic rings. The maximum Gasteiger partial charge on any atom is 0.175 e. The quantitative estimate of drug-likeness (QED) is 0.910. The molecule has 2 N–H and O–H groups in total. The molecule has 3 nitrogen and oxygen atoms in total. The van der Waals surface area contributed by atoms with Crippen molar-refractivity contribution < 1.29 is 13.3 Å². The van der Waals surface area contributed by atoms with Gasteiger partial charge in [-0.25, -0.2) is 8.78 Å². The van der Waals surface area contributed by atoms with Gasteiger partial charge in [0.1, 0.15) is 11.6 Å². The van der Waals surface area contributed by atoms with Crippen LogP contribution in [0.4, 0.5) is 14.6 Å². The van der Waals surface area contributed by atoms with Crippen molar-refractivity contribution in [3.8, 4) is 11.1 Å². The molecule has 21 heavy (non-hydrogen) atoms. The van der Waals surface area contributed by atoms with Gasteiger partial charge < -0.3 is 10.3 Å². The van der Waals surface area contributed by atoms with Crippen LogP contribution < -0.4 is 5.73 Å². The highest BCUT2D eigenvalue weighted by molar-refractivity contribution is 5.76. The fourth-order valence-corrected chi connectivity index (χ4v) is 3.43. The highest BCUT2D eigenvalue weighted by Gasteiger charge is 2.40. The maximum atomic E-state index is 13.5. The third kappa shape index (κ3) is 2.30. The van der Waals surface area contributed by atoms with Crippen molar-refractivity contribution in [1.82, 2.24) is 5.16 Å². The molecule has 0 saturated heterocycles. The van der Waals surface area contributed by atoms with Gasteiger partial charge in [-0.15, -0.1) is 0 Å².